The van der Waals surface area contributed by atoms with Crippen molar-refractivity contribution < 1.29 is 8.78 Å². The summed E-state index contributed by atoms with van der Waals surface area (Å²) in [7, 11) is 0. The highest BCUT2D eigenvalue weighted by atomic mass is 19.1. The van der Waals surface area contributed by atoms with E-state index < -0.39 is 28.3 Å². The molecule has 28 heavy (non-hydrogen) atoms. The average Bonchev–Trinajstić information content (AvgIpc) is 2.73. The summed E-state index contributed by atoms with van der Waals surface area (Å²) in [4.78, 5) is 0. The quantitative estimate of drug-likeness (QED) is 0.669. The van der Waals surface area contributed by atoms with Crippen molar-refractivity contribution in [1.82, 2.24) is 0 Å². The fourth-order valence-electron chi connectivity index (χ4n) is 2.65. The minimum absolute atomic E-state index is 0.355. The number of rotatable bonds is 4. The van der Waals surface area contributed by atoms with Gasteiger partial charge in [0.25, 0.3) is 0 Å². The number of halogens is 2. The van der Waals surface area contributed by atoms with Gasteiger partial charge in [0.1, 0.15) is 34.9 Å². The molecule has 1 N–H and O–H groups in total. The first-order valence-electron chi connectivity index (χ1n) is 8.04. The van der Waals surface area contributed by atoms with Crippen LogP contribution in [0.5, 0.6) is 0 Å². The topological polar surface area (TPSA) is 86.6 Å². The monoisotopic (exact) mass is 371 g/mol. The molecule has 3 rings (SSSR count). The van der Waals surface area contributed by atoms with Gasteiger partial charge in [0.15, 0.2) is 11.6 Å². The van der Waals surface area contributed by atoms with Crippen molar-refractivity contribution in [1.29, 1.82) is 15.8 Å². The highest BCUT2D eigenvalue weighted by Crippen LogP contribution is 2.33. The number of nitrogens with zero attached hydrogens (tertiary/aromatic N) is 4. The summed E-state index contributed by atoms with van der Waals surface area (Å²) in [6, 6.07) is 22.2. The summed E-state index contributed by atoms with van der Waals surface area (Å²) in [5.74, 6) is -2.63. The van der Waals surface area contributed by atoms with Gasteiger partial charge >= 0.3 is 0 Å². The maximum atomic E-state index is 14.5. The number of hydrogen-bond donors (Lipinski definition) is 1. The Morgan fingerprint density at radius 3 is 1.39 bits per heavy atom. The molecule has 0 bridgehead atoms. The minimum Gasteiger partial charge on any atom is -0.291 e. The molecule has 0 fully saturated rings. The minimum atomic E-state index is -1.31. The Bertz CT molecular complexity index is 1060. The van der Waals surface area contributed by atoms with Crippen LogP contribution >= 0.6 is 0 Å². The van der Waals surface area contributed by atoms with Crippen LogP contribution in [0.25, 0.3) is 0 Å². The molecule has 0 aliphatic carbocycles. The van der Waals surface area contributed by atoms with Crippen LogP contribution in [0.3, 0.4) is 0 Å². The van der Waals surface area contributed by atoms with Crippen molar-refractivity contribution in [3.8, 4) is 18.2 Å². The van der Waals surface area contributed by atoms with Gasteiger partial charge in [-0.15, -0.1) is 0 Å². The summed E-state index contributed by atoms with van der Waals surface area (Å²) in [5, 5.41) is 29.3. The number of nitriles is 3. The Labute approximate surface area is 159 Å². The summed E-state index contributed by atoms with van der Waals surface area (Å²) in [6.07, 6.45) is 0. The van der Waals surface area contributed by atoms with Crippen LogP contribution in [-0.2, 0) is 0 Å². The third-order valence-corrected chi connectivity index (χ3v) is 3.97. The number of nitrogens with one attached hydrogen (secondary N) is 1. The van der Waals surface area contributed by atoms with E-state index in [1.54, 1.807) is 72.8 Å². The molecule has 0 heterocycles. The normalized spacial score (nSPS) is 9.68. The molecular formula is C21H11F2N5. The Morgan fingerprint density at radius 1 is 0.643 bits per heavy atom. The second-order valence-electron chi connectivity index (χ2n) is 5.58. The van der Waals surface area contributed by atoms with Gasteiger partial charge < -0.3 is 0 Å². The number of benzene rings is 3. The largest absolute Gasteiger partial charge is 0.291 e. The van der Waals surface area contributed by atoms with Gasteiger partial charge in [0, 0.05) is 0 Å². The maximum Gasteiger partial charge on any atom is 0.163 e. The highest BCUT2D eigenvalue weighted by molar-refractivity contribution is 5.76. The molecule has 3 aromatic rings. The number of para-hydroxylation sites is 2. The Balaban J connectivity index is 2.24. The van der Waals surface area contributed by atoms with E-state index in [0.717, 1.165) is 0 Å². The molecule has 0 spiro atoms. The van der Waals surface area contributed by atoms with Crippen LogP contribution in [0.1, 0.15) is 16.7 Å². The Kier molecular flexibility index (Phi) is 5.16. The third-order valence-electron chi connectivity index (χ3n) is 3.97. The van der Waals surface area contributed by atoms with E-state index in [1.807, 2.05) is 0 Å². The van der Waals surface area contributed by atoms with E-state index in [0.29, 0.717) is 11.4 Å². The van der Waals surface area contributed by atoms with E-state index in [2.05, 4.69) is 5.43 Å². The fraction of sp³-hybridized carbons (Fsp3) is 0. The molecule has 7 heteroatoms. The van der Waals surface area contributed by atoms with Crippen LogP contribution < -0.4 is 10.4 Å². The van der Waals surface area contributed by atoms with Crippen LogP contribution in [-0.4, -0.2) is 0 Å². The van der Waals surface area contributed by atoms with Crippen molar-refractivity contribution in [2.45, 2.75) is 0 Å². The molecule has 0 aliphatic rings. The summed E-state index contributed by atoms with van der Waals surface area (Å²) < 4.78 is 29.0. The number of hydrogen-bond acceptors (Lipinski definition) is 5. The lowest BCUT2D eigenvalue weighted by molar-refractivity contribution is 0.573. The second kappa shape index (κ2) is 7.86. The van der Waals surface area contributed by atoms with Crippen LogP contribution in [0.2, 0.25) is 0 Å². The predicted octanol–water partition coefficient (Wildman–Crippen LogP) is 4.75. The van der Waals surface area contributed by atoms with Crippen molar-refractivity contribution >= 4 is 17.1 Å². The molecule has 0 atom stereocenters. The molecule has 0 unspecified atom stereocenters. The first-order chi connectivity index (χ1) is 13.6. The van der Waals surface area contributed by atoms with Gasteiger partial charge in [-0.3, -0.25) is 10.4 Å². The molecule has 3 aromatic carbocycles. The van der Waals surface area contributed by atoms with Crippen molar-refractivity contribution in [3.05, 3.63) is 89.0 Å². The Hall–Kier alpha value is -4.41. The highest BCUT2D eigenvalue weighted by Gasteiger charge is 2.26. The first-order valence-corrected chi connectivity index (χ1v) is 8.04. The molecule has 0 radical (unpaired) electrons. The molecule has 134 valence electrons. The van der Waals surface area contributed by atoms with Gasteiger partial charge in [0.2, 0.25) is 0 Å². The number of anilines is 3. The maximum absolute atomic E-state index is 14.5. The zero-order valence-electron chi connectivity index (χ0n) is 14.3. The van der Waals surface area contributed by atoms with Gasteiger partial charge in [-0.1, -0.05) is 36.4 Å². The molecule has 0 aromatic heterocycles. The molecule has 0 aliphatic heterocycles. The SMILES string of the molecule is N#Cc1c(F)c(C#N)c(NN(c2ccccc2)c2ccccc2)c(C#N)c1F. The molecule has 0 saturated carbocycles. The van der Waals surface area contributed by atoms with E-state index in [4.69, 9.17) is 5.26 Å². The first kappa shape index (κ1) is 18.4. The lowest BCUT2D eigenvalue weighted by atomic mass is 10.0. The molecule has 5 nitrogen and oxygen atoms in total. The van der Waals surface area contributed by atoms with Gasteiger partial charge in [0.05, 0.1) is 17.1 Å². The molecular weight excluding hydrogens is 360 g/mol. The van der Waals surface area contributed by atoms with Gasteiger partial charge in [-0.2, -0.15) is 15.8 Å². The van der Waals surface area contributed by atoms with Crippen LogP contribution in [0.15, 0.2) is 60.7 Å². The molecule has 0 saturated heterocycles. The third kappa shape index (κ3) is 3.19. The van der Waals surface area contributed by atoms with E-state index in [-0.39, 0.29) is 5.69 Å². The summed E-state index contributed by atoms with van der Waals surface area (Å²) in [6.45, 7) is 0. The zero-order chi connectivity index (χ0) is 20.1. The summed E-state index contributed by atoms with van der Waals surface area (Å²) in [5.41, 5.74) is 1.43. The van der Waals surface area contributed by atoms with Crippen LogP contribution in [0.4, 0.5) is 25.8 Å². The standard InChI is InChI=1S/C21H11F2N5/c22-19-16(11-24)20(23)18(13-26)21(17(19)12-25)27-28(14-7-3-1-4-8-14)15-9-5-2-6-10-15/h1-10,27H. The van der Waals surface area contributed by atoms with Crippen molar-refractivity contribution in [2.24, 2.45) is 0 Å². The van der Waals surface area contributed by atoms with E-state index >= 15 is 0 Å². The smallest absolute Gasteiger partial charge is 0.163 e. The average molecular weight is 371 g/mol. The lowest BCUT2D eigenvalue weighted by Crippen LogP contribution is -2.26. The second-order valence-corrected chi connectivity index (χ2v) is 5.58. The van der Waals surface area contributed by atoms with E-state index in [9.17, 15) is 19.3 Å². The fourth-order valence-corrected chi connectivity index (χ4v) is 2.65. The lowest BCUT2D eigenvalue weighted by Gasteiger charge is -2.27. The van der Waals surface area contributed by atoms with E-state index in [1.165, 1.54) is 11.1 Å². The van der Waals surface area contributed by atoms with Gasteiger partial charge in [-0.05, 0) is 24.3 Å². The Morgan fingerprint density at radius 2 is 1.04 bits per heavy atom. The zero-order valence-corrected chi connectivity index (χ0v) is 14.3. The van der Waals surface area contributed by atoms with Crippen molar-refractivity contribution in [2.75, 3.05) is 10.4 Å². The summed E-state index contributed by atoms with van der Waals surface area (Å²) >= 11 is 0. The van der Waals surface area contributed by atoms with Crippen molar-refractivity contribution in [3.63, 3.8) is 0 Å². The number of hydrazine groups is 1. The predicted molar refractivity (Wildman–Crippen MR) is 99.1 cm³/mol. The molecule has 0 amide bonds. The van der Waals surface area contributed by atoms with Gasteiger partial charge in [-0.25, -0.2) is 8.78 Å². The van der Waals surface area contributed by atoms with Crippen LogP contribution in [0, 0.1) is 45.6 Å².